The van der Waals surface area contributed by atoms with Crippen LogP contribution >= 0.6 is 0 Å². The van der Waals surface area contributed by atoms with Crippen molar-refractivity contribution in [2.75, 3.05) is 5.32 Å². The number of aliphatic hydroxyl groups excluding tert-OH is 1. The van der Waals surface area contributed by atoms with Gasteiger partial charge in [-0.2, -0.15) is 5.10 Å². The Kier molecular flexibility index (Phi) is 6.29. The first-order valence-electron chi connectivity index (χ1n) is 11.8. The summed E-state index contributed by atoms with van der Waals surface area (Å²) in [6, 6.07) is 16.7. The van der Waals surface area contributed by atoms with E-state index in [0.717, 1.165) is 40.8 Å². The molecule has 1 aliphatic carbocycles. The lowest BCUT2D eigenvalue weighted by Gasteiger charge is -2.24. The SMILES string of the molecule is Cc1ncc(-c2nn(-c3ccccc3)c(NC(=O)NC3c4ccccc4CCCC3O)c2C)cn1. The third-order valence-electron chi connectivity index (χ3n) is 6.42. The zero-order valence-electron chi connectivity index (χ0n) is 19.8. The number of aryl methyl sites for hydroxylation is 2. The number of para-hydroxylation sites is 1. The van der Waals surface area contributed by atoms with Crippen molar-refractivity contribution in [3.8, 4) is 16.9 Å². The molecule has 178 valence electrons. The smallest absolute Gasteiger partial charge is 0.320 e. The van der Waals surface area contributed by atoms with Crippen molar-refractivity contribution in [3.05, 3.63) is 89.5 Å². The number of benzene rings is 2. The number of nitrogens with one attached hydrogen (secondary N) is 2. The van der Waals surface area contributed by atoms with Crippen molar-refractivity contribution in [1.29, 1.82) is 0 Å². The normalized spacial score (nSPS) is 17.3. The van der Waals surface area contributed by atoms with Gasteiger partial charge < -0.3 is 10.4 Å². The van der Waals surface area contributed by atoms with Crippen LogP contribution in [0, 0.1) is 13.8 Å². The molecule has 8 heteroatoms. The standard InChI is InChI=1S/C27H28N6O2/c1-17-24(20-15-28-18(2)29-16-20)32-33(21-11-4-3-5-12-21)26(17)31-27(35)30-25-22-13-7-6-9-19(22)10-8-14-23(25)34/h3-7,9,11-13,15-16,23,25,34H,8,10,14H2,1-2H3,(H2,30,31,35). The molecule has 2 amide bonds. The predicted molar refractivity (Wildman–Crippen MR) is 134 cm³/mol. The van der Waals surface area contributed by atoms with Gasteiger partial charge in [-0.1, -0.05) is 42.5 Å². The van der Waals surface area contributed by atoms with E-state index in [2.05, 4.69) is 26.7 Å². The molecule has 1 aliphatic rings. The number of aliphatic hydroxyl groups is 1. The van der Waals surface area contributed by atoms with E-state index in [1.807, 2.05) is 62.4 Å². The molecule has 4 aromatic rings. The summed E-state index contributed by atoms with van der Waals surface area (Å²) in [7, 11) is 0. The Hall–Kier alpha value is -4.04. The van der Waals surface area contributed by atoms with Gasteiger partial charge in [0.25, 0.3) is 0 Å². The Bertz CT molecular complexity index is 1330. The second kappa shape index (κ2) is 9.68. The Morgan fingerprint density at radius 2 is 1.74 bits per heavy atom. The number of aromatic nitrogens is 4. The van der Waals surface area contributed by atoms with Crippen molar-refractivity contribution in [3.63, 3.8) is 0 Å². The molecule has 2 heterocycles. The summed E-state index contributed by atoms with van der Waals surface area (Å²) in [5.74, 6) is 1.22. The summed E-state index contributed by atoms with van der Waals surface area (Å²) in [6.07, 6.45) is 5.18. The van der Waals surface area contributed by atoms with Crippen molar-refractivity contribution < 1.29 is 9.90 Å². The van der Waals surface area contributed by atoms with E-state index in [1.165, 1.54) is 0 Å². The molecule has 0 spiro atoms. The van der Waals surface area contributed by atoms with Gasteiger partial charge in [0.05, 0.1) is 17.8 Å². The van der Waals surface area contributed by atoms with E-state index in [4.69, 9.17) is 5.10 Å². The quantitative estimate of drug-likeness (QED) is 0.382. The molecule has 35 heavy (non-hydrogen) atoms. The Morgan fingerprint density at radius 1 is 1.03 bits per heavy atom. The molecule has 0 aliphatic heterocycles. The molecule has 2 unspecified atom stereocenters. The maximum Gasteiger partial charge on any atom is 0.320 e. The molecule has 0 saturated heterocycles. The van der Waals surface area contributed by atoms with Crippen molar-refractivity contribution in [2.45, 2.75) is 45.3 Å². The van der Waals surface area contributed by atoms with Crippen LogP contribution in [0.1, 0.15) is 41.4 Å². The molecule has 2 aromatic carbocycles. The number of hydrogen-bond acceptors (Lipinski definition) is 5. The lowest BCUT2D eigenvalue weighted by molar-refractivity contribution is 0.123. The van der Waals surface area contributed by atoms with Gasteiger partial charge in [-0.3, -0.25) is 5.32 Å². The second-order valence-electron chi connectivity index (χ2n) is 8.82. The summed E-state index contributed by atoms with van der Waals surface area (Å²) in [6.45, 7) is 3.74. The lowest BCUT2D eigenvalue weighted by atomic mass is 9.98. The van der Waals surface area contributed by atoms with Crippen LogP contribution in [0.5, 0.6) is 0 Å². The Labute approximate surface area is 204 Å². The van der Waals surface area contributed by atoms with Gasteiger partial charge in [-0.15, -0.1) is 0 Å². The van der Waals surface area contributed by atoms with Crippen LogP contribution in [-0.4, -0.2) is 37.0 Å². The topological polar surface area (TPSA) is 105 Å². The average molecular weight is 469 g/mol. The number of hydrogen-bond donors (Lipinski definition) is 3. The molecule has 0 saturated carbocycles. The largest absolute Gasteiger partial charge is 0.391 e. The zero-order chi connectivity index (χ0) is 24.4. The summed E-state index contributed by atoms with van der Waals surface area (Å²) in [5, 5.41) is 21.6. The van der Waals surface area contributed by atoms with Gasteiger partial charge in [-0.05, 0) is 56.4 Å². The van der Waals surface area contributed by atoms with E-state index in [9.17, 15) is 9.90 Å². The van der Waals surface area contributed by atoms with Crippen LogP contribution in [0.4, 0.5) is 10.6 Å². The molecule has 3 N–H and O–H groups in total. The minimum atomic E-state index is -0.662. The number of anilines is 1. The fourth-order valence-corrected chi connectivity index (χ4v) is 4.59. The van der Waals surface area contributed by atoms with E-state index in [1.54, 1.807) is 17.1 Å². The third-order valence-corrected chi connectivity index (χ3v) is 6.42. The minimum Gasteiger partial charge on any atom is -0.391 e. The highest BCUT2D eigenvalue weighted by Gasteiger charge is 2.28. The first-order chi connectivity index (χ1) is 17.0. The van der Waals surface area contributed by atoms with Crippen LogP contribution in [-0.2, 0) is 6.42 Å². The van der Waals surface area contributed by atoms with Crippen molar-refractivity contribution >= 4 is 11.8 Å². The predicted octanol–water partition coefficient (Wildman–Crippen LogP) is 4.51. The fraction of sp³-hybridized carbons (Fsp3) is 0.259. The minimum absolute atomic E-state index is 0.405. The van der Waals surface area contributed by atoms with Crippen molar-refractivity contribution in [2.24, 2.45) is 0 Å². The van der Waals surface area contributed by atoms with Crippen LogP contribution in [0.3, 0.4) is 0 Å². The Morgan fingerprint density at radius 3 is 2.51 bits per heavy atom. The molecule has 5 rings (SSSR count). The molecule has 0 radical (unpaired) electrons. The van der Waals surface area contributed by atoms with E-state index < -0.39 is 18.2 Å². The van der Waals surface area contributed by atoms with Crippen molar-refractivity contribution in [1.82, 2.24) is 25.1 Å². The highest BCUT2D eigenvalue weighted by Crippen LogP contribution is 2.31. The maximum atomic E-state index is 13.3. The van der Waals surface area contributed by atoms with Gasteiger partial charge in [0, 0.05) is 23.5 Å². The molecule has 0 fully saturated rings. The summed E-state index contributed by atoms with van der Waals surface area (Å²) in [5.41, 5.74) is 5.16. The van der Waals surface area contributed by atoms with Gasteiger partial charge in [-0.25, -0.2) is 19.4 Å². The lowest BCUT2D eigenvalue weighted by Crippen LogP contribution is -2.39. The van der Waals surface area contributed by atoms with Gasteiger partial charge in [0.2, 0.25) is 0 Å². The molecule has 0 bridgehead atoms. The van der Waals surface area contributed by atoms with E-state index in [-0.39, 0.29) is 0 Å². The van der Waals surface area contributed by atoms with Gasteiger partial charge >= 0.3 is 6.03 Å². The van der Waals surface area contributed by atoms with Crippen LogP contribution in [0.15, 0.2) is 67.0 Å². The highest BCUT2D eigenvalue weighted by molar-refractivity contribution is 5.91. The summed E-state index contributed by atoms with van der Waals surface area (Å²) < 4.78 is 1.71. The molecule has 8 nitrogen and oxygen atoms in total. The van der Waals surface area contributed by atoms with E-state index >= 15 is 0 Å². The summed E-state index contributed by atoms with van der Waals surface area (Å²) >= 11 is 0. The molecular formula is C27H28N6O2. The number of carbonyl (C=O) groups excluding carboxylic acids is 1. The monoisotopic (exact) mass is 468 g/mol. The number of rotatable bonds is 4. The first kappa shape index (κ1) is 22.7. The zero-order valence-corrected chi connectivity index (χ0v) is 19.8. The van der Waals surface area contributed by atoms with Gasteiger partial charge in [0.15, 0.2) is 0 Å². The Balaban J connectivity index is 1.48. The first-order valence-corrected chi connectivity index (χ1v) is 11.8. The van der Waals surface area contributed by atoms with Crippen LogP contribution in [0.2, 0.25) is 0 Å². The van der Waals surface area contributed by atoms with Crippen LogP contribution < -0.4 is 10.6 Å². The van der Waals surface area contributed by atoms with Gasteiger partial charge in [0.1, 0.15) is 17.3 Å². The molecule has 2 atom stereocenters. The van der Waals surface area contributed by atoms with Crippen LogP contribution in [0.25, 0.3) is 16.9 Å². The number of carbonyl (C=O) groups is 1. The second-order valence-corrected chi connectivity index (χ2v) is 8.82. The number of amides is 2. The average Bonchev–Trinajstić information content (AvgIpc) is 3.10. The molecule has 2 aromatic heterocycles. The number of urea groups is 1. The highest BCUT2D eigenvalue weighted by atomic mass is 16.3. The maximum absolute atomic E-state index is 13.3. The fourth-order valence-electron chi connectivity index (χ4n) is 4.59. The third kappa shape index (κ3) is 4.65. The van der Waals surface area contributed by atoms with E-state index in [0.29, 0.717) is 23.8 Å². The molecular weight excluding hydrogens is 440 g/mol. The summed E-state index contributed by atoms with van der Waals surface area (Å²) in [4.78, 5) is 21.9. The number of fused-ring (bicyclic) bond motifs is 1. The number of nitrogens with zero attached hydrogens (tertiary/aromatic N) is 4.